The van der Waals surface area contributed by atoms with Gasteiger partial charge in [0.05, 0.1) is 7.11 Å². The van der Waals surface area contributed by atoms with Crippen LogP contribution in [0.25, 0.3) is 0 Å². The molecule has 1 aromatic carbocycles. The molecule has 0 aliphatic heterocycles. The number of hydrogen-bond acceptors (Lipinski definition) is 4. The van der Waals surface area contributed by atoms with E-state index in [1.807, 2.05) is 6.07 Å². The fraction of sp³-hybridized carbons (Fsp3) is 0.0909. The molecule has 0 N–H and O–H groups in total. The van der Waals surface area contributed by atoms with Crippen molar-refractivity contribution in [2.45, 2.75) is 0 Å². The van der Waals surface area contributed by atoms with Crippen LogP contribution in [0.1, 0.15) is 0 Å². The Morgan fingerprint density at radius 2 is 1.82 bits per heavy atom. The van der Waals surface area contributed by atoms with Gasteiger partial charge in [0.15, 0.2) is 16.1 Å². The van der Waals surface area contributed by atoms with Gasteiger partial charge >= 0.3 is 0 Å². The van der Waals surface area contributed by atoms with Crippen molar-refractivity contribution >= 4 is 23.2 Å². The van der Waals surface area contributed by atoms with Gasteiger partial charge in [-0.2, -0.15) is 0 Å². The molecule has 0 saturated carbocycles. The van der Waals surface area contributed by atoms with E-state index in [-0.39, 0.29) is 10.3 Å². The monoisotopic (exact) mass is 270 g/mol. The van der Waals surface area contributed by atoms with E-state index in [2.05, 4.69) is 10.2 Å². The summed E-state index contributed by atoms with van der Waals surface area (Å²) in [6.45, 7) is 0. The summed E-state index contributed by atoms with van der Waals surface area (Å²) < 4.78 is 10.6. The first-order valence-corrected chi connectivity index (χ1v) is 5.45. The third kappa shape index (κ3) is 2.99. The summed E-state index contributed by atoms with van der Waals surface area (Å²) in [5.74, 6) is 1.61. The molecule has 0 aliphatic carbocycles. The molecule has 0 saturated heterocycles. The first-order chi connectivity index (χ1) is 8.19. The molecule has 1 aromatic heterocycles. The summed E-state index contributed by atoms with van der Waals surface area (Å²) in [6, 6.07) is 8.61. The molecule has 2 aromatic rings. The lowest BCUT2D eigenvalue weighted by Crippen LogP contribution is -1.91. The highest BCUT2D eigenvalue weighted by atomic mass is 35.5. The third-order valence-electron chi connectivity index (χ3n) is 1.96. The lowest BCUT2D eigenvalue weighted by molar-refractivity contribution is 0.409. The van der Waals surface area contributed by atoms with E-state index >= 15 is 0 Å². The summed E-state index contributed by atoms with van der Waals surface area (Å²) >= 11 is 11.5. The van der Waals surface area contributed by atoms with Crippen molar-refractivity contribution in [1.29, 1.82) is 0 Å². The van der Waals surface area contributed by atoms with Gasteiger partial charge in [-0.1, -0.05) is 29.3 Å². The molecule has 0 amide bonds. The van der Waals surface area contributed by atoms with E-state index in [4.69, 9.17) is 32.7 Å². The highest BCUT2D eigenvalue weighted by Gasteiger charge is 2.07. The van der Waals surface area contributed by atoms with Crippen molar-refractivity contribution < 1.29 is 9.47 Å². The number of nitrogens with zero attached hydrogens (tertiary/aromatic N) is 2. The number of hydrogen-bond donors (Lipinski definition) is 0. The number of methoxy groups -OCH3 is 1. The molecule has 0 unspecified atom stereocenters. The first kappa shape index (κ1) is 12.0. The molecular weight excluding hydrogens is 263 g/mol. The SMILES string of the molecule is COc1cccc(Oc2cc(Cl)nnc2Cl)c1. The zero-order chi connectivity index (χ0) is 12.3. The van der Waals surface area contributed by atoms with Crippen LogP contribution < -0.4 is 9.47 Å². The highest BCUT2D eigenvalue weighted by Crippen LogP contribution is 2.30. The van der Waals surface area contributed by atoms with E-state index in [0.29, 0.717) is 17.2 Å². The predicted octanol–water partition coefficient (Wildman–Crippen LogP) is 3.58. The van der Waals surface area contributed by atoms with Gasteiger partial charge in [-0.05, 0) is 12.1 Å². The van der Waals surface area contributed by atoms with Gasteiger partial charge < -0.3 is 9.47 Å². The second-order valence-corrected chi connectivity index (χ2v) is 3.85. The van der Waals surface area contributed by atoms with E-state index in [1.165, 1.54) is 6.07 Å². The van der Waals surface area contributed by atoms with Crippen molar-refractivity contribution in [2.75, 3.05) is 7.11 Å². The molecule has 0 fully saturated rings. The minimum absolute atomic E-state index is 0.150. The standard InChI is InChI=1S/C11H8Cl2N2O2/c1-16-7-3-2-4-8(5-7)17-9-6-10(12)14-15-11(9)13/h2-6H,1H3. The van der Waals surface area contributed by atoms with Gasteiger partial charge in [-0.3, -0.25) is 0 Å². The van der Waals surface area contributed by atoms with Gasteiger partial charge in [-0.15, -0.1) is 10.2 Å². The van der Waals surface area contributed by atoms with Crippen LogP contribution in [0, 0.1) is 0 Å². The number of ether oxygens (including phenoxy) is 2. The van der Waals surface area contributed by atoms with Gasteiger partial charge in [0.1, 0.15) is 11.5 Å². The molecule has 0 radical (unpaired) electrons. The van der Waals surface area contributed by atoms with Gasteiger partial charge in [0, 0.05) is 12.1 Å². The lowest BCUT2D eigenvalue weighted by atomic mass is 10.3. The Balaban J connectivity index is 2.27. The number of aromatic nitrogens is 2. The van der Waals surface area contributed by atoms with E-state index in [0.717, 1.165) is 0 Å². The average molecular weight is 271 g/mol. The summed E-state index contributed by atoms with van der Waals surface area (Å²) in [6.07, 6.45) is 0. The lowest BCUT2D eigenvalue weighted by Gasteiger charge is -2.07. The van der Waals surface area contributed by atoms with Crippen molar-refractivity contribution in [3.63, 3.8) is 0 Å². The third-order valence-corrected chi connectivity index (χ3v) is 2.40. The number of rotatable bonds is 3. The Morgan fingerprint density at radius 1 is 1.06 bits per heavy atom. The van der Waals surface area contributed by atoms with Gasteiger partial charge in [-0.25, -0.2) is 0 Å². The van der Waals surface area contributed by atoms with Crippen molar-refractivity contribution in [2.24, 2.45) is 0 Å². The van der Waals surface area contributed by atoms with Crippen LogP contribution in [0.2, 0.25) is 10.3 Å². The molecule has 1 heterocycles. The Morgan fingerprint density at radius 3 is 2.59 bits per heavy atom. The Bertz CT molecular complexity index is 535. The molecule has 88 valence electrons. The summed E-state index contributed by atoms with van der Waals surface area (Å²) in [5.41, 5.74) is 0. The van der Waals surface area contributed by atoms with E-state index < -0.39 is 0 Å². The Kier molecular flexibility index (Phi) is 3.66. The van der Waals surface area contributed by atoms with Gasteiger partial charge in [0.25, 0.3) is 0 Å². The molecule has 4 nitrogen and oxygen atoms in total. The Labute approximate surface area is 108 Å². The largest absolute Gasteiger partial charge is 0.497 e. The smallest absolute Gasteiger partial charge is 0.194 e. The maximum atomic E-state index is 5.83. The van der Waals surface area contributed by atoms with Crippen LogP contribution in [0.3, 0.4) is 0 Å². The number of halogens is 2. The molecule has 0 bridgehead atoms. The van der Waals surface area contributed by atoms with E-state index in [1.54, 1.807) is 25.3 Å². The number of benzene rings is 1. The zero-order valence-corrected chi connectivity index (χ0v) is 10.4. The molecule has 0 aliphatic rings. The highest BCUT2D eigenvalue weighted by molar-refractivity contribution is 6.32. The maximum Gasteiger partial charge on any atom is 0.194 e. The van der Waals surface area contributed by atoms with Crippen LogP contribution in [0.5, 0.6) is 17.2 Å². The minimum Gasteiger partial charge on any atom is -0.497 e. The first-order valence-electron chi connectivity index (χ1n) is 4.69. The van der Waals surface area contributed by atoms with E-state index in [9.17, 15) is 0 Å². The van der Waals surface area contributed by atoms with Crippen LogP contribution >= 0.6 is 23.2 Å². The van der Waals surface area contributed by atoms with Crippen LogP contribution in [0.15, 0.2) is 30.3 Å². The van der Waals surface area contributed by atoms with Crippen molar-refractivity contribution in [3.05, 3.63) is 40.6 Å². The molecule has 6 heteroatoms. The van der Waals surface area contributed by atoms with Crippen LogP contribution in [0.4, 0.5) is 0 Å². The van der Waals surface area contributed by atoms with Gasteiger partial charge in [0.2, 0.25) is 0 Å². The molecule has 0 atom stereocenters. The quantitative estimate of drug-likeness (QED) is 0.855. The maximum absolute atomic E-state index is 5.83. The summed E-state index contributed by atoms with van der Waals surface area (Å²) in [4.78, 5) is 0. The second-order valence-electron chi connectivity index (χ2n) is 3.10. The zero-order valence-electron chi connectivity index (χ0n) is 8.85. The molecule has 0 spiro atoms. The fourth-order valence-electron chi connectivity index (χ4n) is 1.20. The Hall–Kier alpha value is -1.52. The normalized spacial score (nSPS) is 10.1. The summed E-state index contributed by atoms with van der Waals surface area (Å²) in [5, 5.41) is 7.60. The second kappa shape index (κ2) is 5.21. The van der Waals surface area contributed by atoms with Crippen LogP contribution in [-0.2, 0) is 0 Å². The van der Waals surface area contributed by atoms with Crippen LogP contribution in [-0.4, -0.2) is 17.3 Å². The summed E-state index contributed by atoms with van der Waals surface area (Å²) in [7, 11) is 1.58. The average Bonchev–Trinajstić information content (AvgIpc) is 2.34. The molecular formula is C11H8Cl2N2O2. The topological polar surface area (TPSA) is 44.2 Å². The minimum atomic E-state index is 0.150. The van der Waals surface area contributed by atoms with Crippen molar-refractivity contribution in [1.82, 2.24) is 10.2 Å². The predicted molar refractivity (Wildman–Crippen MR) is 65.1 cm³/mol. The van der Waals surface area contributed by atoms with Crippen molar-refractivity contribution in [3.8, 4) is 17.2 Å². The molecule has 2 rings (SSSR count). The molecule has 17 heavy (non-hydrogen) atoms. The fourth-order valence-corrected chi connectivity index (χ4v) is 1.47.